The monoisotopic (exact) mass is 395 g/mol. The van der Waals surface area contributed by atoms with Crippen LogP contribution < -0.4 is 10.8 Å². The molecular weight excluding hydrogens is 372 g/mol. The minimum atomic E-state index is -0.550. The van der Waals surface area contributed by atoms with E-state index in [1.54, 1.807) is 25.2 Å². The van der Waals surface area contributed by atoms with Crippen LogP contribution in [0.3, 0.4) is 0 Å². The number of hydrogen-bond acceptors (Lipinski definition) is 4. The van der Waals surface area contributed by atoms with Gasteiger partial charge in [-0.25, -0.2) is 4.39 Å². The van der Waals surface area contributed by atoms with Gasteiger partial charge >= 0.3 is 7.12 Å². The Morgan fingerprint density at radius 2 is 1.62 bits per heavy atom. The van der Waals surface area contributed by atoms with Gasteiger partial charge in [-0.05, 0) is 63.5 Å². The summed E-state index contributed by atoms with van der Waals surface area (Å²) in [6, 6.07) is 11.4. The van der Waals surface area contributed by atoms with E-state index in [1.165, 1.54) is 12.1 Å². The first-order valence-corrected chi connectivity index (χ1v) is 9.53. The Bertz CT molecular complexity index is 1070. The maximum atomic E-state index is 13.3. The number of fused-ring (bicyclic) bond motifs is 1. The highest BCUT2D eigenvalue weighted by atomic mass is 19.1. The van der Waals surface area contributed by atoms with Gasteiger partial charge in [0, 0.05) is 18.0 Å². The Morgan fingerprint density at radius 1 is 1.00 bits per heavy atom. The molecule has 1 amide bonds. The number of rotatable bonds is 3. The maximum absolute atomic E-state index is 13.3. The molecule has 0 saturated carbocycles. The molecule has 3 aromatic rings. The quantitative estimate of drug-likeness (QED) is 0.684. The molecule has 29 heavy (non-hydrogen) atoms. The lowest BCUT2D eigenvalue weighted by Gasteiger charge is -2.32. The van der Waals surface area contributed by atoms with Gasteiger partial charge in [0.1, 0.15) is 17.2 Å². The van der Waals surface area contributed by atoms with Gasteiger partial charge in [-0.2, -0.15) is 0 Å². The Labute approximate surface area is 169 Å². The Morgan fingerprint density at radius 3 is 2.21 bits per heavy atom. The van der Waals surface area contributed by atoms with Crippen molar-refractivity contribution in [1.82, 2.24) is 5.32 Å². The van der Waals surface area contributed by atoms with Gasteiger partial charge in [0.2, 0.25) is 0 Å². The number of furan rings is 1. The number of nitrogens with one attached hydrogen (secondary N) is 1. The second kappa shape index (κ2) is 6.71. The van der Waals surface area contributed by atoms with Crippen LogP contribution in [0.5, 0.6) is 0 Å². The summed E-state index contributed by atoms with van der Waals surface area (Å²) in [5.41, 5.74) is 1.44. The molecule has 150 valence electrons. The molecule has 2 aromatic carbocycles. The van der Waals surface area contributed by atoms with Crippen molar-refractivity contribution in [2.75, 3.05) is 7.05 Å². The molecule has 7 heteroatoms. The van der Waals surface area contributed by atoms with Crippen molar-refractivity contribution < 1.29 is 22.9 Å². The van der Waals surface area contributed by atoms with Crippen molar-refractivity contribution >= 4 is 29.5 Å². The number of carbonyl (C=O) groups is 1. The van der Waals surface area contributed by atoms with Crippen LogP contribution in [-0.4, -0.2) is 31.3 Å². The number of halogens is 1. The van der Waals surface area contributed by atoms with E-state index in [2.05, 4.69) is 5.32 Å². The fourth-order valence-electron chi connectivity index (χ4n) is 3.40. The fraction of sp³-hybridized carbons (Fsp3) is 0.318. The van der Waals surface area contributed by atoms with Crippen molar-refractivity contribution in [3.8, 4) is 11.3 Å². The molecular formula is C22H23BFNO4. The second-order valence-electron chi connectivity index (χ2n) is 8.24. The Kier molecular flexibility index (Phi) is 4.55. The molecule has 1 N–H and O–H groups in total. The zero-order valence-corrected chi connectivity index (χ0v) is 17.1. The molecule has 1 aromatic heterocycles. The van der Waals surface area contributed by atoms with Crippen molar-refractivity contribution in [2.45, 2.75) is 38.9 Å². The SMILES string of the molecule is CNC(=O)c1c(-c2ccc(F)cc2)oc2ccc(B3OC(C)(C)C(C)(C)O3)cc12. The van der Waals surface area contributed by atoms with E-state index in [0.29, 0.717) is 27.9 Å². The van der Waals surface area contributed by atoms with Gasteiger partial charge < -0.3 is 19.0 Å². The summed E-state index contributed by atoms with van der Waals surface area (Å²) < 4.78 is 31.6. The van der Waals surface area contributed by atoms with Gasteiger partial charge in [-0.1, -0.05) is 12.1 Å². The van der Waals surface area contributed by atoms with Gasteiger partial charge in [0.15, 0.2) is 0 Å². The summed E-state index contributed by atoms with van der Waals surface area (Å²) >= 11 is 0. The summed E-state index contributed by atoms with van der Waals surface area (Å²) in [6.45, 7) is 7.97. The number of hydrogen-bond donors (Lipinski definition) is 1. The standard InChI is InChI=1S/C22H23BFNO4/c1-21(2)22(3,4)29-23(28-21)14-8-11-17-16(12-14)18(20(26)25-5)19(27-17)13-6-9-15(24)10-7-13/h6-12H,1-5H3,(H,25,26). The average molecular weight is 395 g/mol. The van der Waals surface area contributed by atoms with E-state index in [1.807, 2.05) is 39.8 Å². The predicted molar refractivity (Wildman–Crippen MR) is 111 cm³/mol. The van der Waals surface area contributed by atoms with Crippen molar-refractivity contribution in [1.29, 1.82) is 0 Å². The lowest BCUT2D eigenvalue weighted by Crippen LogP contribution is -2.41. The number of benzene rings is 2. The molecule has 1 fully saturated rings. The molecule has 1 saturated heterocycles. The van der Waals surface area contributed by atoms with Gasteiger partial charge in [0.25, 0.3) is 5.91 Å². The summed E-state index contributed by atoms with van der Waals surface area (Å²) in [5, 5.41) is 3.31. The molecule has 1 aliphatic rings. The van der Waals surface area contributed by atoms with Crippen LogP contribution in [0.2, 0.25) is 0 Å². The normalized spacial score (nSPS) is 17.7. The number of amides is 1. The maximum Gasteiger partial charge on any atom is 0.494 e. The molecule has 1 aliphatic heterocycles. The lowest BCUT2D eigenvalue weighted by atomic mass is 9.78. The van der Waals surface area contributed by atoms with Gasteiger partial charge in [-0.15, -0.1) is 0 Å². The van der Waals surface area contributed by atoms with Gasteiger partial charge in [-0.3, -0.25) is 4.79 Å². The van der Waals surface area contributed by atoms with E-state index in [9.17, 15) is 9.18 Å². The van der Waals surface area contributed by atoms with Crippen LogP contribution >= 0.6 is 0 Å². The van der Waals surface area contributed by atoms with Crippen LogP contribution in [0.15, 0.2) is 46.9 Å². The minimum absolute atomic E-state index is 0.283. The summed E-state index contributed by atoms with van der Waals surface area (Å²) in [5.74, 6) is -0.242. The minimum Gasteiger partial charge on any atom is -0.455 e. The highest BCUT2D eigenvalue weighted by Gasteiger charge is 2.51. The summed E-state index contributed by atoms with van der Waals surface area (Å²) in [6.07, 6.45) is 0. The zero-order valence-electron chi connectivity index (χ0n) is 17.1. The largest absolute Gasteiger partial charge is 0.494 e. The molecule has 0 bridgehead atoms. The van der Waals surface area contributed by atoms with Crippen LogP contribution in [0.1, 0.15) is 38.1 Å². The van der Waals surface area contributed by atoms with Crippen LogP contribution in [0.4, 0.5) is 4.39 Å². The molecule has 0 radical (unpaired) electrons. The highest BCUT2D eigenvalue weighted by molar-refractivity contribution is 6.62. The molecule has 0 unspecified atom stereocenters. The van der Waals surface area contributed by atoms with Crippen molar-refractivity contribution in [2.24, 2.45) is 0 Å². The van der Waals surface area contributed by atoms with E-state index in [-0.39, 0.29) is 11.7 Å². The Balaban J connectivity index is 1.84. The topological polar surface area (TPSA) is 60.7 Å². The smallest absolute Gasteiger partial charge is 0.455 e. The van der Waals surface area contributed by atoms with E-state index in [0.717, 1.165) is 5.46 Å². The third-order valence-corrected chi connectivity index (χ3v) is 5.80. The fourth-order valence-corrected chi connectivity index (χ4v) is 3.40. The summed E-state index contributed by atoms with van der Waals surface area (Å²) in [7, 11) is 1.01. The van der Waals surface area contributed by atoms with E-state index < -0.39 is 18.3 Å². The summed E-state index contributed by atoms with van der Waals surface area (Å²) in [4.78, 5) is 12.7. The molecule has 5 nitrogen and oxygen atoms in total. The van der Waals surface area contributed by atoms with Crippen LogP contribution in [0.25, 0.3) is 22.3 Å². The van der Waals surface area contributed by atoms with Crippen LogP contribution in [0, 0.1) is 5.82 Å². The number of carbonyl (C=O) groups excluding carboxylic acids is 1. The van der Waals surface area contributed by atoms with Crippen molar-refractivity contribution in [3.63, 3.8) is 0 Å². The molecule has 2 heterocycles. The molecule has 0 spiro atoms. The molecule has 0 aliphatic carbocycles. The van der Waals surface area contributed by atoms with E-state index >= 15 is 0 Å². The third kappa shape index (κ3) is 3.24. The first kappa shape index (κ1) is 19.7. The third-order valence-electron chi connectivity index (χ3n) is 5.80. The first-order chi connectivity index (χ1) is 13.6. The van der Waals surface area contributed by atoms with Crippen molar-refractivity contribution in [3.05, 3.63) is 53.8 Å². The predicted octanol–water partition coefficient (Wildman–Crippen LogP) is 3.90. The second-order valence-corrected chi connectivity index (χ2v) is 8.24. The van der Waals surface area contributed by atoms with Crippen LogP contribution in [-0.2, 0) is 9.31 Å². The molecule has 0 atom stereocenters. The first-order valence-electron chi connectivity index (χ1n) is 9.53. The zero-order chi connectivity index (χ0) is 21.0. The van der Waals surface area contributed by atoms with E-state index in [4.69, 9.17) is 13.7 Å². The Hall–Kier alpha value is -2.64. The average Bonchev–Trinajstić information content (AvgIpc) is 3.15. The lowest BCUT2D eigenvalue weighted by molar-refractivity contribution is 0.00578. The van der Waals surface area contributed by atoms with Gasteiger partial charge in [0.05, 0.1) is 16.8 Å². The molecule has 4 rings (SSSR count). The highest BCUT2D eigenvalue weighted by Crippen LogP contribution is 2.38.